The van der Waals surface area contributed by atoms with Crippen LogP contribution in [0.15, 0.2) is 0 Å². The van der Waals surface area contributed by atoms with Crippen LogP contribution in [0.4, 0.5) is 5.82 Å². The minimum atomic E-state index is -0.957. The Bertz CT molecular complexity index is 688. The van der Waals surface area contributed by atoms with Crippen LogP contribution >= 0.6 is 0 Å². The standard InChI is InChI=1S/C18H29N5O3/c1-12-13(2)19-15(17(24)23-9-18(25,10-23)11-26-5)20-16(12)22-7-6-14(8-22)21(3)4/h14,25H,6-11H2,1-5H3/t14-/m1/s1. The summed E-state index contributed by atoms with van der Waals surface area (Å²) in [7, 11) is 5.72. The van der Waals surface area contributed by atoms with Crippen molar-refractivity contribution in [3.05, 3.63) is 17.1 Å². The lowest BCUT2D eigenvalue weighted by atomic mass is 9.95. The number of amides is 1. The van der Waals surface area contributed by atoms with Crippen molar-refractivity contribution in [1.82, 2.24) is 19.8 Å². The Labute approximate surface area is 154 Å². The molecule has 2 saturated heterocycles. The molecule has 3 heterocycles. The lowest BCUT2D eigenvalue weighted by Gasteiger charge is -2.45. The SMILES string of the molecule is COCC1(O)CN(C(=O)c2nc(C)c(C)c(N3CC[C@@H](N(C)C)C3)n2)C1. The van der Waals surface area contributed by atoms with E-state index in [-0.39, 0.29) is 31.4 Å². The van der Waals surface area contributed by atoms with Crippen molar-refractivity contribution >= 4 is 11.7 Å². The zero-order chi connectivity index (χ0) is 19.1. The van der Waals surface area contributed by atoms with Crippen molar-refractivity contribution < 1.29 is 14.6 Å². The third-order valence-electron chi connectivity index (χ3n) is 5.42. The molecule has 8 nitrogen and oxygen atoms in total. The number of carbonyl (C=O) groups excluding carboxylic acids is 1. The fourth-order valence-electron chi connectivity index (χ4n) is 3.68. The van der Waals surface area contributed by atoms with E-state index in [9.17, 15) is 9.90 Å². The van der Waals surface area contributed by atoms with E-state index in [1.54, 1.807) is 4.90 Å². The number of methoxy groups -OCH3 is 1. The topological polar surface area (TPSA) is 82.0 Å². The smallest absolute Gasteiger partial charge is 0.291 e. The number of ether oxygens (including phenoxy) is 1. The second-order valence-electron chi connectivity index (χ2n) is 7.75. The molecular formula is C18H29N5O3. The second-order valence-corrected chi connectivity index (χ2v) is 7.75. The Morgan fingerprint density at radius 3 is 2.62 bits per heavy atom. The number of rotatable bonds is 5. The van der Waals surface area contributed by atoms with Gasteiger partial charge in [-0.2, -0.15) is 0 Å². The van der Waals surface area contributed by atoms with Crippen LogP contribution < -0.4 is 4.90 Å². The summed E-state index contributed by atoms with van der Waals surface area (Å²) in [5, 5.41) is 10.2. The molecule has 0 aliphatic carbocycles. The van der Waals surface area contributed by atoms with Gasteiger partial charge in [0.1, 0.15) is 11.4 Å². The third kappa shape index (κ3) is 3.54. The highest BCUT2D eigenvalue weighted by Crippen LogP contribution is 2.27. The molecule has 1 aromatic rings. The first-order valence-corrected chi connectivity index (χ1v) is 9.01. The summed E-state index contributed by atoms with van der Waals surface area (Å²) in [5.74, 6) is 0.812. The molecule has 0 saturated carbocycles. The first-order valence-electron chi connectivity index (χ1n) is 9.01. The molecule has 3 rings (SSSR count). The molecular weight excluding hydrogens is 334 g/mol. The number of aromatic nitrogens is 2. The van der Waals surface area contributed by atoms with E-state index in [1.165, 1.54) is 7.11 Å². The van der Waals surface area contributed by atoms with Gasteiger partial charge in [0.2, 0.25) is 5.82 Å². The monoisotopic (exact) mass is 363 g/mol. The predicted molar refractivity (Wildman–Crippen MR) is 98.5 cm³/mol. The largest absolute Gasteiger partial charge is 0.384 e. The van der Waals surface area contributed by atoms with Crippen LogP contribution in [0.25, 0.3) is 0 Å². The molecule has 26 heavy (non-hydrogen) atoms. The minimum absolute atomic E-state index is 0.205. The van der Waals surface area contributed by atoms with E-state index in [0.29, 0.717) is 6.04 Å². The number of hydrogen-bond acceptors (Lipinski definition) is 7. The lowest BCUT2D eigenvalue weighted by molar-refractivity contribution is -0.118. The zero-order valence-electron chi connectivity index (χ0n) is 16.3. The molecule has 144 valence electrons. The summed E-state index contributed by atoms with van der Waals surface area (Å²) < 4.78 is 5.00. The lowest BCUT2D eigenvalue weighted by Crippen LogP contribution is -2.65. The molecule has 2 fully saturated rings. The van der Waals surface area contributed by atoms with Gasteiger partial charge in [0, 0.05) is 37.5 Å². The predicted octanol–water partition coefficient (Wildman–Crippen LogP) is 0.0670. The highest BCUT2D eigenvalue weighted by molar-refractivity contribution is 5.92. The maximum Gasteiger partial charge on any atom is 0.291 e. The van der Waals surface area contributed by atoms with Crippen molar-refractivity contribution in [2.75, 3.05) is 58.9 Å². The van der Waals surface area contributed by atoms with Gasteiger partial charge in [0.05, 0.1) is 19.7 Å². The first kappa shape index (κ1) is 19.0. The van der Waals surface area contributed by atoms with Crippen molar-refractivity contribution in [2.45, 2.75) is 31.9 Å². The molecule has 1 aromatic heterocycles. The van der Waals surface area contributed by atoms with E-state index >= 15 is 0 Å². The van der Waals surface area contributed by atoms with Crippen molar-refractivity contribution in [1.29, 1.82) is 0 Å². The van der Waals surface area contributed by atoms with Gasteiger partial charge in [0.15, 0.2) is 0 Å². The van der Waals surface area contributed by atoms with Crippen LogP contribution in [-0.2, 0) is 4.74 Å². The zero-order valence-corrected chi connectivity index (χ0v) is 16.3. The maximum absolute atomic E-state index is 12.7. The number of β-amino-alcohol motifs (C(OH)–C–C–N with tert-alkyl or cyclic N) is 1. The molecule has 1 N–H and O–H groups in total. The number of likely N-dealkylation sites (N-methyl/N-ethyl adjacent to an activating group) is 1. The van der Waals surface area contributed by atoms with Crippen LogP contribution in [-0.4, -0.2) is 96.4 Å². The Kier molecular flexibility index (Phi) is 5.18. The van der Waals surface area contributed by atoms with E-state index in [1.807, 2.05) is 13.8 Å². The number of hydrogen-bond donors (Lipinski definition) is 1. The van der Waals surface area contributed by atoms with Crippen LogP contribution in [0.5, 0.6) is 0 Å². The highest BCUT2D eigenvalue weighted by atomic mass is 16.5. The maximum atomic E-state index is 12.7. The van der Waals surface area contributed by atoms with Crippen LogP contribution in [0.3, 0.4) is 0 Å². The van der Waals surface area contributed by atoms with E-state index in [0.717, 1.165) is 36.6 Å². The van der Waals surface area contributed by atoms with Gasteiger partial charge in [-0.05, 0) is 34.4 Å². The summed E-state index contributed by atoms with van der Waals surface area (Å²) >= 11 is 0. The summed E-state index contributed by atoms with van der Waals surface area (Å²) in [6, 6.07) is 0.489. The van der Waals surface area contributed by atoms with Crippen molar-refractivity contribution in [3.8, 4) is 0 Å². The second kappa shape index (κ2) is 7.09. The summed E-state index contributed by atoms with van der Waals surface area (Å²) in [6.45, 7) is 6.45. The molecule has 0 radical (unpaired) electrons. The molecule has 2 aliphatic rings. The van der Waals surface area contributed by atoms with Crippen LogP contribution in [0, 0.1) is 13.8 Å². The quantitative estimate of drug-likeness (QED) is 0.793. The fourth-order valence-corrected chi connectivity index (χ4v) is 3.68. The number of aliphatic hydroxyl groups is 1. The summed E-state index contributed by atoms with van der Waals surface area (Å²) in [5.41, 5.74) is 0.876. The van der Waals surface area contributed by atoms with Crippen molar-refractivity contribution in [3.63, 3.8) is 0 Å². The number of nitrogens with zero attached hydrogens (tertiary/aromatic N) is 5. The molecule has 0 unspecified atom stereocenters. The fraction of sp³-hybridized carbons (Fsp3) is 0.722. The third-order valence-corrected chi connectivity index (χ3v) is 5.42. The number of anilines is 1. The van der Waals surface area contributed by atoms with Gasteiger partial charge in [0.25, 0.3) is 5.91 Å². The minimum Gasteiger partial charge on any atom is -0.384 e. The van der Waals surface area contributed by atoms with Gasteiger partial charge < -0.3 is 24.5 Å². The van der Waals surface area contributed by atoms with Gasteiger partial charge in [-0.3, -0.25) is 4.79 Å². The van der Waals surface area contributed by atoms with E-state index in [2.05, 4.69) is 33.9 Å². The average molecular weight is 363 g/mol. The van der Waals surface area contributed by atoms with Gasteiger partial charge in [-0.15, -0.1) is 0 Å². The summed E-state index contributed by atoms with van der Waals surface area (Å²) in [6.07, 6.45) is 1.08. The molecule has 0 aromatic carbocycles. The normalized spacial score (nSPS) is 22.0. The Morgan fingerprint density at radius 2 is 2.04 bits per heavy atom. The number of carbonyl (C=O) groups is 1. The molecule has 1 amide bonds. The molecule has 2 aliphatic heterocycles. The van der Waals surface area contributed by atoms with Crippen LogP contribution in [0.2, 0.25) is 0 Å². The molecule has 0 bridgehead atoms. The molecule has 8 heteroatoms. The van der Waals surface area contributed by atoms with Crippen LogP contribution in [0.1, 0.15) is 28.3 Å². The number of aryl methyl sites for hydroxylation is 1. The van der Waals surface area contributed by atoms with Gasteiger partial charge in [-0.1, -0.05) is 0 Å². The van der Waals surface area contributed by atoms with Gasteiger partial charge in [-0.25, -0.2) is 9.97 Å². The Hall–Kier alpha value is -1.77. The average Bonchev–Trinajstić information content (AvgIpc) is 3.04. The number of likely N-dealkylation sites (tertiary alicyclic amines) is 1. The van der Waals surface area contributed by atoms with Crippen molar-refractivity contribution in [2.24, 2.45) is 0 Å². The highest BCUT2D eigenvalue weighted by Gasteiger charge is 2.44. The van der Waals surface area contributed by atoms with E-state index in [4.69, 9.17) is 4.74 Å². The Balaban J connectivity index is 1.78. The molecule has 1 atom stereocenters. The Morgan fingerprint density at radius 1 is 1.35 bits per heavy atom. The van der Waals surface area contributed by atoms with E-state index < -0.39 is 5.60 Å². The molecule has 0 spiro atoms. The van der Waals surface area contributed by atoms with Gasteiger partial charge >= 0.3 is 0 Å². The first-order chi connectivity index (χ1) is 12.2. The summed E-state index contributed by atoms with van der Waals surface area (Å²) in [4.78, 5) is 27.8.